The average Bonchev–Trinajstić information content (AvgIpc) is 3.02. The van der Waals surface area contributed by atoms with Crippen LogP contribution >= 0.6 is 27.3 Å². The predicted octanol–water partition coefficient (Wildman–Crippen LogP) is 4.95. The van der Waals surface area contributed by atoms with Crippen molar-refractivity contribution in [1.29, 1.82) is 0 Å². The molecule has 1 aromatic heterocycles. The molecule has 0 radical (unpaired) electrons. The maximum Gasteiger partial charge on any atom is 0.277 e. The van der Waals surface area contributed by atoms with Crippen molar-refractivity contribution < 1.29 is 14.6 Å². The number of non-ortho nitro benzene ring substituents is 2. The van der Waals surface area contributed by atoms with Crippen LogP contribution in [0, 0.1) is 27.2 Å². The first-order valence-electron chi connectivity index (χ1n) is 7.73. The molecule has 0 aliphatic rings. The van der Waals surface area contributed by atoms with E-state index in [-0.39, 0.29) is 10.7 Å². The number of aryl methyl sites for hydroxylation is 1. The topological polar surface area (TPSA) is 128 Å². The SMILES string of the molecule is Cc1sc(NC(=O)c2cc([N+](=O)[O-])cc([N+](=O)[O-])c2)nc1-c1ccc(Br)cc1. The van der Waals surface area contributed by atoms with Gasteiger partial charge in [0, 0.05) is 27.0 Å². The van der Waals surface area contributed by atoms with Crippen LogP contribution in [0.25, 0.3) is 11.3 Å². The lowest BCUT2D eigenvalue weighted by molar-refractivity contribution is -0.394. The van der Waals surface area contributed by atoms with Gasteiger partial charge in [0.2, 0.25) is 0 Å². The first-order chi connectivity index (χ1) is 13.2. The van der Waals surface area contributed by atoms with Crippen LogP contribution in [0.2, 0.25) is 0 Å². The highest BCUT2D eigenvalue weighted by atomic mass is 79.9. The van der Waals surface area contributed by atoms with Crippen LogP contribution in [-0.4, -0.2) is 20.7 Å². The molecule has 0 atom stereocenters. The maximum atomic E-state index is 12.5. The number of anilines is 1. The smallest absolute Gasteiger partial charge is 0.277 e. The Morgan fingerprint density at radius 3 is 2.18 bits per heavy atom. The Hall–Kier alpha value is -3.18. The van der Waals surface area contributed by atoms with Crippen molar-refractivity contribution in [3.05, 3.63) is 77.6 Å². The second kappa shape index (κ2) is 7.82. The van der Waals surface area contributed by atoms with Crippen LogP contribution in [0.4, 0.5) is 16.5 Å². The molecule has 3 rings (SSSR count). The number of nitrogens with one attached hydrogen (secondary N) is 1. The largest absolute Gasteiger partial charge is 0.298 e. The van der Waals surface area contributed by atoms with Crippen molar-refractivity contribution in [2.24, 2.45) is 0 Å². The van der Waals surface area contributed by atoms with Gasteiger partial charge in [-0.3, -0.25) is 30.3 Å². The molecule has 2 aromatic carbocycles. The molecule has 28 heavy (non-hydrogen) atoms. The van der Waals surface area contributed by atoms with Gasteiger partial charge in [0.1, 0.15) is 0 Å². The van der Waals surface area contributed by atoms with Gasteiger partial charge in [-0.2, -0.15) is 0 Å². The van der Waals surface area contributed by atoms with E-state index in [1.165, 1.54) is 11.3 Å². The molecule has 1 N–H and O–H groups in total. The van der Waals surface area contributed by atoms with Gasteiger partial charge in [-0.15, -0.1) is 11.3 Å². The number of nitrogens with zero attached hydrogens (tertiary/aromatic N) is 3. The number of benzene rings is 2. The van der Waals surface area contributed by atoms with Gasteiger partial charge in [-0.1, -0.05) is 28.1 Å². The van der Waals surface area contributed by atoms with Crippen LogP contribution in [0.1, 0.15) is 15.2 Å². The molecule has 3 aromatic rings. The average molecular weight is 463 g/mol. The number of hydrogen-bond acceptors (Lipinski definition) is 7. The number of rotatable bonds is 5. The Morgan fingerprint density at radius 1 is 1.07 bits per heavy atom. The van der Waals surface area contributed by atoms with Crippen molar-refractivity contribution in [2.75, 3.05) is 5.32 Å². The molecule has 0 aliphatic heterocycles. The normalized spacial score (nSPS) is 10.5. The van der Waals surface area contributed by atoms with Gasteiger partial charge in [0.25, 0.3) is 17.3 Å². The van der Waals surface area contributed by atoms with E-state index in [0.29, 0.717) is 5.69 Å². The van der Waals surface area contributed by atoms with Crippen molar-refractivity contribution in [3.8, 4) is 11.3 Å². The number of amides is 1. The molecule has 0 spiro atoms. The highest BCUT2D eigenvalue weighted by molar-refractivity contribution is 9.10. The zero-order valence-electron chi connectivity index (χ0n) is 14.2. The summed E-state index contributed by atoms with van der Waals surface area (Å²) in [6.07, 6.45) is 0. The van der Waals surface area contributed by atoms with E-state index < -0.39 is 27.1 Å². The van der Waals surface area contributed by atoms with E-state index in [4.69, 9.17) is 0 Å². The lowest BCUT2D eigenvalue weighted by atomic mass is 10.1. The van der Waals surface area contributed by atoms with Gasteiger partial charge in [0.15, 0.2) is 5.13 Å². The second-order valence-electron chi connectivity index (χ2n) is 5.64. The van der Waals surface area contributed by atoms with Crippen LogP contribution in [0.3, 0.4) is 0 Å². The predicted molar refractivity (Wildman–Crippen MR) is 108 cm³/mol. The minimum Gasteiger partial charge on any atom is -0.298 e. The molecule has 0 saturated heterocycles. The van der Waals surface area contributed by atoms with Crippen LogP contribution < -0.4 is 5.32 Å². The standard InChI is InChI=1S/C17H11BrN4O5S/c1-9-15(10-2-4-12(18)5-3-10)19-17(28-9)20-16(23)11-6-13(21(24)25)8-14(7-11)22(26)27/h2-8H,1H3,(H,19,20,23). The van der Waals surface area contributed by atoms with Gasteiger partial charge in [-0.05, 0) is 19.1 Å². The van der Waals surface area contributed by atoms with Crippen molar-refractivity contribution in [1.82, 2.24) is 4.98 Å². The highest BCUT2D eigenvalue weighted by Gasteiger charge is 2.21. The molecule has 0 bridgehead atoms. The number of hydrogen-bond donors (Lipinski definition) is 1. The highest BCUT2D eigenvalue weighted by Crippen LogP contribution is 2.31. The van der Waals surface area contributed by atoms with Gasteiger partial charge < -0.3 is 0 Å². The van der Waals surface area contributed by atoms with Crippen LogP contribution in [-0.2, 0) is 0 Å². The number of carbonyl (C=O) groups is 1. The van der Waals surface area contributed by atoms with E-state index >= 15 is 0 Å². The quantitative estimate of drug-likeness (QED) is 0.421. The van der Waals surface area contributed by atoms with Crippen molar-refractivity contribution >= 4 is 49.7 Å². The molecule has 142 valence electrons. The number of thiazole rings is 1. The summed E-state index contributed by atoms with van der Waals surface area (Å²) in [5, 5.41) is 24.8. The van der Waals surface area contributed by atoms with E-state index in [1.807, 2.05) is 31.2 Å². The van der Waals surface area contributed by atoms with Crippen molar-refractivity contribution in [2.45, 2.75) is 6.92 Å². The number of nitro benzene ring substituents is 2. The Bertz CT molecular complexity index is 1070. The van der Waals surface area contributed by atoms with Crippen LogP contribution in [0.5, 0.6) is 0 Å². The molecule has 0 saturated carbocycles. The van der Waals surface area contributed by atoms with Crippen molar-refractivity contribution in [3.63, 3.8) is 0 Å². The zero-order chi connectivity index (χ0) is 20.4. The van der Waals surface area contributed by atoms with Gasteiger partial charge in [0.05, 0.1) is 27.2 Å². The summed E-state index contributed by atoms with van der Waals surface area (Å²) in [6.45, 7) is 1.85. The third-order valence-corrected chi connectivity index (χ3v) is 5.14. The van der Waals surface area contributed by atoms with E-state index in [2.05, 4.69) is 26.2 Å². The number of aromatic nitrogens is 1. The summed E-state index contributed by atoms with van der Waals surface area (Å²) in [7, 11) is 0. The Kier molecular flexibility index (Phi) is 5.47. The third-order valence-electron chi connectivity index (χ3n) is 3.72. The number of halogens is 1. The first kappa shape index (κ1) is 19.6. The molecule has 0 unspecified atom stereocenters. The van der Waals surface area contributed by atoms with Crippen LogP contribution in [0.15, 0.2) is 46.9 Å². The molecule has 0 aliphatic carbocycles. The molecular weight excluding hydrogens is 452 g/mol. The number of carbonyl (C=O) groups excluding carboxylic acids is 1. The number of nitro groups is 2. The zero-order valence-corrected chi connectivity index (χ0v) is 16.6. The minimum absolute atomic E-state index is 0.195. The molecule has 9 nitrogen and oxygen atoms in total. The summed E-state index contributed by atoms with van der Waals surface area (Å²) < 4.78 is 0.921. The summed E-state index contributed by atoms with van der Waals surface area (Å²) in [4.78, 5) is 38.1. The summed E-state index contributed by atoms with van der Waals surface area (Å²) in [6, 6.07) is 10.3. The van der Waals surface area contributed by atoms with Gasteiger partial charge >= 0.3 is 0 Å². The summed E-state index contributed by atoms with van der Waals surface area (Å²) in [5.41, 5.74) is 0.288. The summed E-state index contributed by atoms with van der Waals surface area (Å²) in [5.74, 6) is -0.720. The fraction of sp³-hybridized carbons (Fsp3) is 0.0588. The van der Waals surface area contributed by atoms with Gasteiger partial charge in [-0.25, -0.2) is 4.98 Å². The van der Waals surface area contributed by atoms with E-state index in [1.54, 1.807) is 0 Å². The van der Waals surface area contributed by atoms with E-state index in [0.717, 1.165) is 33.1 Å². The Morgan fingerprint density at radius 2 is 1.64 bits per heavy atom. The lowest BCUT2D eigenvalue weighted by Crippen LogP contribution is -2.12. The Labute approximate surface area is 170 Å². The summed E-state index contributed by atoms with van der Waals surface area (Å²) >= 11 is 4.60. The lowest BCUT2D eigenvalue weighted by Gasteiger charge is -2.02. The second-order valence-corrected chi connectivity index (χ2v) is 7.76. The molecule has 0 fully saturated rings. The molecular formula is C17H11BrN4O5S. The maximum absolute atomic E-state index is 12.5. The minimum atomic E-state index is -0.789. The monoisotopic (exact) mass is 462 g/mol. The Balaban J connectivity index is 1.89. The molecule has 1 amide bonds. The fourth-order valence-corrected chi connectivity index (χ4v) is 3.53. The fourth-order valence-electron chi connectivity index (χ4n) is 2.43. The molecule has 1 heterocycles. The van der Waals surface area contributed by atoms with E-state index in [9.17, 15) is 25.0 Å². The molecule has 11 heteroatoms. The third kappa shape index (κ3) is 4.21. The first-order valence-corrected chi connectivity index (χ1v) is 9.34.